The van der Waals surface area contributed by atoms with Gasteiger partial charge in [-0.05, 0) is 19.9 Å². The van der Waals surface area contributed by atoms with Gasteiger partial charge in [-0.3, -0.25) is 14.3 Å². The summed E-state index contributed by atoms with van der Waals surface area (Å²) in [6.07, 6.45) is 2.76. The molecule has 0 saturated heterocycles. The molecule has 1 heterocycles. The van der Waals surface area contributed by atoms with Gasteiger partial charge in [0.25, 0.3) is 0 Å². The fourth-order valence-corrected chi connectivity index (χ4v) is 1.84. The van der Waals surface area contributed by atoms with Gasteiger partial charge in [-0.2, -0.15) is 5.10 Å². The third-order valence-corrected chi connectivity index (χ3v) is 2.92. The maximum atomic E-state index is 11.6. The van der Waals surface area contributed by atoms with Crippen LogP contribution in [0.25, 0.3) is 6.08 Å². The van der Waals surface area contributed by atoms with Crippen molar-refractivity contribution in [3.8, 4) is 0 Å². The largest absolute Gasteiger partial charge is 0.481 e. The van der Waals surface area contributed by atoms with E-state index in [1.165, 1.54) is 10.8 Å². The molecule has 0 saturated carbocycles. The van der Waals surface area contributed by atoms with Crippen LogP contribution in [0.1, 0.15) is 24.6 Å². The normalized spacial score (nSPS) is 12.6. The zero-order chi connectivity index (χ0) is 14.6. The fourth-order valence-electron chi connectivity index (χ4n) is 1.60. The number of carbonyl (C=O) groups is 2. The molecule has 0 bridgehead atoms. The lowest BCUT2D eigenvalue weighted by molar-refractivity contribution is -0.137. The van der Waals surface area contributed by atoms with Crippen molar-refractivity contribution in [2.75, 3.05) is 0 Å². The van der Waals surface area contributed by atoms with E-state index in [0.717, 1.165) is 5.69 Å². The quantitative estimate of drug-likeness (QED) is 0.801. The van der Waals surface area contributed by atoms with E-state index in [1.807, 2.05) is 0 Å². The van der Waals surface area contributed by atoms with Gasteiger partial charge in [-0.25, -0.2) is 0 Å². The summed E-state index contributed by atoms with van der Waals surface area (Å²) in [6, 6.07) is -0.430. The maximum Gasteiger partial charge on any atom is 0.305 e. The number of hydrogen-bond acceptors (Lipinski definition) is 3. The Labute approximate surface area is 116 Å². The van der Waals surface area contributed by atoms with E-state index in [-0.39, 0.29) is 12.3 Å². The van der Waals surface area contributed by atoms with E-state index < -0.39 is 12.0 Å². The molecule has 0 fully saturated rings. The summed E-state index contributed by atoms with van der Waals surface area (Å²) in [6.45, 7) is 3.42. The van der Waals surface area contributed by atoms with Gasteiger partial charge in [0.15, 0.2) is 0 Å². The molecule has 0 spiro atoms. The Morgan fingerprint density at radius 1 is 1.58 bits per heavy atom. The van der Waals surface area contributed by atoms with Crippen LogP contribution in [0.5, 0.6) is 0 Å². The molecule has 1 rings (SSSR count). The van der Waals surface area contributed by atoms with Crippen molar-refractivity contribution in [1.82, 2.24) is 15.1 Å². The molecule has 104 valence electrons. The summed E-state index contributed by atoms with van der Waals surface area (Å²) in [5.41, 5.74) is 1.39. The number of rotatable bonds is 5. The lowest BCUT2D eigenvalue weighted by Crippen LogP contribution is -2.32. The van der Waals surface area contributed by atoms with Crippen LogP contribution in [0.4, 0.5) is 0 Å². The SMILES string of the molecule is Cc1nn(C)c(Cl)c1/C=C/C(=O)NC(C)CC(=O)O. The lowest BCUT2D eigenvalue weighted by atomic mass is 10.2. The summed E-state index contributed by atoms with van der Waals surface area (Å²) < 4.78 is 1.52. The smallest absolute Gasteiger partial charge is 0.305 e. The summed E-state index contributed by atoms with van der Waals surface area (Å²) >= 11 is 6.01. The maximum absolute atomic E-state index is 11.6. The van der Waals surface area contributed by atoms with Crippen LogP contribution in [0.15, 0.2) is 6.08 Å². The number of amides is 1. The van der Waals surface area contributed by atoms with Crippen LogP contribution < -0.4 is 5.32 Å². The summed E-state index contributed by atoms with van der Waals surface area (Å²) in [7, 11) is 1.71. The van der Waals surface area contributed by atoms with E-state index in [0.29, 0.717) is 10.7 Å². The third kappa shape index (κ3) is 4.40. The van der Waals surface area contributed by atoms with Gasteiger partial charge in [0.1, 0.15) is 5.15 Å². The zero-order valence-electron chi connectivity index (χ0n) is 11.0. The summed E-state index contributed by atoms with van der Waals surface area (Å²) in [4.78, 5) is 22.0. The Kier molecular flexibility index (Phi) is 5.11. The van der Waals surface area contributed by atoms with Gasteiger partial charge >= 0.3 is 5.97 Å². The average molecular weight is 286 g/mol. The minimum atomic E-state index is -0.956. The van der Waals surface area contributed by atoms with Crippen molar-refractivity contribution >= 4 is 29.6 Å². The average Bonchev–Trinajstić information content (AvgIpc) is 2.49. The first-order valence-electron chi connectivity index (χ1n) is 5.70. The summed E-state index contributed by atoms with van der Waals surface area (Å²) in [5, 5.41) is 15.7. The molecule has 0 radical (unpaired) electrons. The monoisotopic (exact) mass is 285 g/mol. The second-order valence-electron chi connectivity index (χ2n) is 4.25. The molecule has 1 amide bonds. The topological polar surface area (TPSA) is 84.2 Å². The van der Waals surface area contributed by atoms with E-state index in [2.05, 4.69) is 10.4 Å². The highest BCUT2D eigenvalue weighted by molar-refractivity contribution is 6.31. The Morgan fingerprint density at radius 3 is 2.68 bits per heavy atom. The molecule has 6 nitrogen and oxygen atoms in total. The number of aromatic nitrogens is 2. The number of aliphatic carboxylic acids is 1. The molecule has 1 aromatic heterocycles. The Hall–Kier alpha value is -1.82. The first-order chi connectivity index (χ1) is 8.81. The van der Waals surface area contributed by atoms with Crippen molar-refractivity contribution in [3.63, 3.8) is 0 Å². The van der Waals surface area contributed by atoms with Crippen molar-refractivity contribution in [1.29, 1.82) is 0 Å². The second-order valence-corrected chi connectivity index (χ2v) is 4.61. The molecule has 1 aromatic rings. The third-order valence-electron chi connectivity index (χ3n) is 2.47. The molecule has 1 unspecified atom stereocenters. The molecule has 7 heteroatoms. The van der Waals surface area contributed by atoms with Crippen LogP contribution in [0, 0.1) is 6.92 Å². The number of aryl methyl sites for hydroxylation is 2. The Morgan fingerprint density at radius 2 is 2.21 bits per heavy atom. The van der Waals surface area contributed by atoms with E-state index in [4.69, 9.17) is 16.7 Å². The van der Waals surface area contributed by atoms with Crippen molar-refractivity contribution in [3.05, 3.63) is 22.5 Å². The predicted octanol–water partition coefficient (Wildman–Crippen LogP) is 1.37. The van der Waals surface area contributed by atoms with Crippen molar-refractivity contribution in [2.45, 2.75) is 26.3 Å². The summed E-state index contributed by atoms with van der Waals surface area (Å²) in [5.74, 6) is -1.32. The number of nitrogens with one attached hydrogen (secondary N) is 1. The number of carbonyl (C=O) groups excluding carboxylic acids is 1. The molecule has 0 aliphatic heterocycles. The van der Waals surface area contributed by atoms with Crippen LogP contribution in [0.3, 0.4) is 0 Å². The molecular weight excluding hydrogens is 270 g/mol. The minimum Gasteiger partial charge on any atom is -0.481 e. The van der Waals surface area contributed by atoms with E-state index >= 15 is 0 Å². The van der Waals surface area contributed by atoms with Crippen LogP contribution in [-0.4, -0.2) is 32.8 Å². The molecule has 0 aliphatic carbocycles. The molecular formula is C12H16ClN3O3. The highest BCUT2D eigenvalue weighted by atomic mass is 35.5. The van der Waals surface area contributed by atoms with Crippen LogP contribution >= 0.6 is 11.6 Å². The molecule has 19 heavy (non-hydrogen) atoms. The zero-order valence-corrected chi connectivity index (χ0v) is 11.7. The van der Waals surface area contributed by atoms with Crippen LogP contribution in [-0.2, 0) is 16.6 Å². The van der Waals surface area contributed by atoms with Gasteiger partial charge in [-0.15, -0.1) is 0 Å². The number of carboxylic acids is 1. The predicted molar refractivity (Wildman–Crippen MR) is 71.8 cm³/mol. The van der Waals surface area contributed by atoms with Crippen LogP contribution in [0.2, 0.25) is 5.15 Å². The fraction of sp³-hybridized carbons (Fsp3) is 0.417. The highest BCUT2D eigenvalue weighted by Gasteiger charge is 2.11. The van der Waals surface area contributed by atoms with Crippen molar-refractivity contribution in [2.24, 2.45) is 7.05 Å². The van der Waals surface area contributed by atoms with E-state index in [1.54, 1.807) is 27.0 Å². The number of carboxylic acid groups (broad SMARTS) is 1. The number of nitrogens with zero attached hydrogens (tertiary/aromatic N) is 2. The van der Waals surface area contributed by atoms with Crippen molar-refractivity contribution < 1.29 is 14.7 Å². The molecule has 0 aromatic carbocycles. The molecule has 1 atom stereocenters. The van der Waals surface area contributed by atoms with Gasteiger partial charge in [-0.1, -0.05) is 11.6 Å². The minimum absolute atomic E-state index is 0.119. The lowest BCUT2D eigenvalue weighted by Gasteiger charge is -2.08. The van der Waals surface area contributed by atoms with Gasteiger partial charge in [0.05, 0.1) is 12.1 Å². The van der Waals surface area contributed by atoms with Gasteiger partial charge in [0.2, 0.25) is 5.91 Å². The number of hydrogen-bond donors (Lipinski definition) is 2. The van der Waals surface area contributed by atoms with E-state index in [9.17, 15) is 9.59 Å². The first-order valence-corrected chi connectivity index (χ1v) is 6.08. The Bertz CT molecular complexity index is 523. The van der Waals surface area contributed by atoms with Gasteiger partial charge in [0, 0.05) is 24.7 Å². The first kappa shape index (κ1) is 15.2. The molecule has 0 aliphatic rings. The standard InChI is InChI=1S/C12H16ClN3O3/c1-7(6-11(18)19)14-10(17)5-4-9-8(2)15-16(3)12(9)13/h4-5,7H,6H2,1-3H3,(H,14,17)(H,18,19)/b5-4+. The Balaban J connectivity index is 2.66. The molecule has 2 N–H and O–H groups in total. The number of halogens is 1. The van der Waals surface area contributed by atoms with Gasteiger partial charge < -0.3 is 10.4 Å². The second kappa shape index (κ2) is 6.38. The highest BCUT2D eigenvalue weighted by Crippen LogP contribution is 2.19.